The van der Waals surface area contributed by atoms with E-state index < -0.39 is 0 Å². The van der Waals surface area contributed by atoms with Crippen LogP contribution in [0.25, 0.3) is 0 Å². The highest BCUT2D eigenvalue weighted by Crippen LogP contribution is 2.39. The molecule has 1 unspecified atom stereocenters. The Morgan fingerprint density at radius 1 is 1.26 bits per heavy atom. The molecule has 0 spiro atoms. The van der Waals surface area contributed by atoms with Gasteiger partial charge in [-0.2, -0.15) is 0 Å². The van der Waals surface area contributed by atoms with Crippen molar-refractivity contribution in [2.24, 2.45) is 5.92 Å². The molecule has 1 saturated heterocycles. The van der Waals surface area contributed by atoms with Crippen molar-refractivity contribution < 1.29 is 9.47 Å². The van der Waals surface area contributed by atoms with Gasteiger partial charge in [0.25, 0.3) is 0 Å². The van der Waals surface area contributed by atoms with Crippen LogP contribution in [0, 0.1) is 5.92 Å². The molecule has 1 aromatic rings. The molecule has 2 fully saturated rings. The van der Waals surface area contributed by atoms with Crippen molar-refractivity contribution in [1.29, 1.82) is 0 Å². The van der Waals surface area contributed by atoms with Crippen molar-refractivity contribution >= 4 is 0 Å². The molecule has 2 aliphatic rings. The molecule has 1 heterocycles. The summed E-state index contributed by atoms with van der Waals surface area (Å²) in [5.41, 5.74) is 1.31. The molecule has 19 heavy (non-hydrogen) atoms. The molecular formula is C16H23NO2. The molecule has 0 amide bonds. The number of ether oxygens (including phenoxy) is 2. The van der Waals surface area contributed by atoms with Gasteiger partial charge in [0.05, 0.1) is 13.7 Å². The molecule has 3 heteroatoms. The molecule has 1 aliphatic carbocycles. The number of rotatable bonds is 5. The van der Waals surface area contributed by atoms with Crippen molar-refractivity contribution in [3.63, 3.8) is 0 Å². The number of hydrogen-bond acceptors (Lipinski definition) is 3. The van der Waals surface area contributed by atoms with Crippen LogP contribution in [-0.2, 0) is 0 Å². The van der Waals surface area contributed by atoms with Crippen LogP contribution in [0.5, 0.6) is 11.5 Å². The zero-order valence-electron chi connectivity index (χ0n) is 11.7. The third-order valence-corrected chi connectivity index (χ3v) is 4.13. The van der Waals surface area contributed by atoms with Crippen molar-refractivity contribution in [1.82, 2.24) is 5.32 Å². The topological polar surface area (TPSA) is 30.5 Å². The van der Waals surface area contributed by atoms with Crippen LogP contribution in [0.2, 0.25) is 0 Å². The SMILES string of the molecule is COc1cccc(C2CCCNC2)c1OCC1CC1. The summed E-state index contributed by atoms with van der Waals surface area (Å²) in [7, 11) is 1.72. The van der Waals surface area contributed by atoms with Crippen LogP contribution < -0.4 is 14.8 Å². The molecule has 0 aromatic heterocycles. The predicted octanol–water partition coefficient (Wildman–Crippen LogP) is 2.95. The Bertz CT molecular complexity index is 423. The van der Waals surface area contributed by atoms with Crippen molar-refractivity contribution in [2.45, 2.75) is 31.6 Å². The maximum absolute atomic E-state index is 6.08. The second-order valence-electron chi connectivity index (χ2n) is 5.68. The summed E-state index contributed by atoms with van der Waals surface area (Å²) in [5.74, 6) is 3.18. The van der Waals surface area contributed by atoms with Crippen molar-refractivity contribution in [3.05, 3.63) is 23.8 Å². The van der Waals surface area contributed by atoms with E-state index in [-0.39, 0.29) is 0 Å². The number of piperidine rings is 1. The fourth-order valence-corrected chi connectivity index (χ4v) is 2.77. The average molecular weight is 261 g/mol. The van der Waals surface area contributed by atoms with E-state index in [0.29, 0.717) is 5.92 Å². The molecule has 1 saturated carbocycles. The van der Waals surface area contributed by atoms with E-state index in [4.69, 9.17) is 9.47 Å². The van der Waals surface area contributed by atoms with E-state index in [0.717, 1.165) is 37.1 Å². The number of methoxy groups -OCH3 is 1. The van der Waals surface area contributed by atoms with Gasteiger partial charge in [-0.3, -0.25) is 0 Å². The fourth-order valence-electron chi connectivity index (χ4n) is 2.77. The number of para-hydroxylation sites is 1. The Morgan fingerprint density at radius 3 is 2.84 bits per heavy atom. The highest BCUT2D eigenvalue weighted by molar-refractivity contribution is 5.48. The van der Waals surface area contributed by atoms with Gasteiger partial charge in [-0.15, -0.1) is 0 Å². The van der Waals surface area contributed by atoms with Crippen LogP contribution in [0.3, 0.4) is 0 Å². The second kappa shape index (κ2) is 5.83. The number of benzene rings is 1. The van der Waals surface area contributed by atoms with E-state index >= 15 is 0 Å². The second-order valence-corrected chi connectivity index (χ2v) is 5.68. The van der Waals surface area contributed by atoms with Gasteiger partial charge < -0.3 is 14.8 Å². The Labute approximate surface area is 115 Å². The molecule has 0 radical (unpaired) electrons. The molecule has 3 rings (SSSR count). The molecule has 1 N–H and O–H groups in total. The predicted molar refractivity (Wildman–Crippen MR) is 76.1 cm³/mol. The van der Waals surface area contributed by atoms with Crippen molar-refractivity contribution in [2.75, 3.05) is 26.8 Å². The first kappa shape index (κ1) is 12.8. The Hall–Kier alpha value is -1.22. The van der Waals surface area contributed by atoms with Gasteiger partial charge >= 0.3 is 0 Å². The van der Waals surface area contributed by atoms with E-state index in [9.17, 15) is 0 Å². The minimum atomic E-state index is 0.554. The minimum absolute atomic E-state index is 0.554. The molecular weight excluding hydrogens is 238 g/mol. The summed E-state index contributed by atoms with van der Waals surface area (Å²) in [4.78, 5) is 0. The average Bonchev–Trinajstić information content (AvgIpc) is 3.30. The molecule has 104 valence electrons. The summed E-state index contributed by atoms with van der Waals surface area (Å²) in [5, 5.41) is 3.48. The first-order chi connectivity index (χ1) is 9.38. The van der Waals surface area contributed by atoms with Crippen LogP contribution >= 0.6 is 0 Å². The smallest absolute Gasteiger partial charge is 0.164 e. The van der Waals surface area contributed by atoms with Gasteiger partial charge in [0.1, 0.15) is 0 Å². The highest BCUT2D eigenvalue weighted by atomic mass is 16.5. The van der Waals surface area contributed by atoms with Gasteiger partial charge in [-0.05, 0) is 44.2 Å². The van der Waals surface area contributed by atoms with E-state index in [1.165, 1.54) is 31.2 Å². The van der Waals surface area contributed by atoms with Crippen molar-refractivity contribution in [3.8, 4) is 11.5 Å². The summed E-state index contributed by atoms with van der Waals surface area (Å²) >= 11 is 0. The lowest BCUT2D eigenvalue weighted by Gasteiger charge is -2.26. The maximum atomic E-state index is 6.08. The summed E-state index contributed by atoms with van der Waals surface area (Å²) in [6, 6.07) is 6.27. The largest absolute Gasteiger partial charge is 0.493 e. The van der Waals surface area contributed by atoms with Gasteiger partial charge in [0, 0.05) is 18.0 Å². The lowest BCUT2D eigenvalue weighted by Crippen LogP contribution is -2.28. The Balaban J connectivity index is 1.82. The van der Waals surface area contributed by atoms with E-state index in [2.05, 4.69) is 17.4 Å². The first-order valence-corrected chi connectivity index (χ1v) is 7.39. The van der Waals surface area contributed by atoms with Gasteiger partial charge in [-0.1, -0.05) is 12.1 Å². The lowest BCUT2D eigenvalue weighted by molar-refractivity contribution is 0.274. The molecule has 0 bridgehead atoms. The summed E-state index contributed by atoms with van der Waals surface area (Å²) in [6.07, 6.45) is 5.11. The number of nitrogens with one attached hydrogen (secondary N) is 1. The minimum Gasteiger partial charge on any atom is -0.493 e. The Morgan fingerprint density at radius 2 is 2.16 bits per heavy atom. The maximum Gasteiger partial charge on any atom is 0.164 e. The normalized spacial score (nSPS) is 23.1. The quantitative estimate of drug-likeness (QED) is 0.884. The van der Waals surface area contributed by atoms with E-state index in [1.807, 2.05) is 6.07 Å². The van der Waals surface area contributed by atoms with E-state index in [1.54, 1.807) is 7.11 Å². The third kappa shape index (κ3) is 3.03. The molecule has 1 atom stereocenters. The summed E-state index contributed by atoms with van der Waals surface area (Å²) in [6.45, 7) is 3.03. The molecule has 1 aliphatic heterocycles. The highest BCUT2D eigenvalue weighted by Gasteiger charge is 2.25. The standard InChI is InChI=1S/C16H23NO2/c1-18-15-6-2-5-14(13-4-3-9-17-10-13)16(15)19-11-12-7-8-12/h2,5-6,12-13,17H,3-4,7-11H2,1H3. The van der Waals surface area contributed by atoms with Crippen LogP contribution in [0.15, 0.2) is 18.2 Å². The monoisotopic (exact) mass is 261 g/mol. The van der Waals surface area contributed by atoms with Gasteiger partial charge in [0.2, 0.25) is 0 Å². The molecule has 3 nitrogen and oxygen atoms in total. The third-order valence-electron chi connectivity index (χ3n) is 4.13. The summed E-state index contributed by atoms with van der Waals surface area (Å²) < 4.78 is 11.6. The fraction of sp³-hybridized carbons (Fsp3) is 0.625. The zero-order chi connectivity index (χ0) is 13.1. The van der Waals surface area contributed by atoms with Crippen LogP contribution in [0.1, 0.15) is 37.2 Å². The number of hydrogen-bond donors (Lipinski definition) is 1. The van der Waals surface area contributed by atoms with Gasteiger partial charge in [0.15, 0.2) is 11.5 Å². The van der Waals surface area contributed by atoms with Crippen LogP contribution in [-0.4, -0.2) is 26.8 Å². The molecule has 1 aromatic carbocycles. The Kier molecular flexibility index (Phi) is 3.92. The van der Waals surface area contributed by atoms with Crippen LogP contribution in [0.4, 0.5) is 0 Å². The lowest BCUT2D eigenvalue weighted by atomic mass is 9.91. The zero-order valence-corrected chi connectivity index (χ0v) is 11.7. The van der Waals surface area contributed by atoms with Gasteiger partial charge in [-0.25, -0.2) is 0 Å². The first-order valence-electron chi connectivity index (χ1n) is 7.39.